The minimum Gasteiger partial charge on any atom is -0.370 e. The van der Waals surface area contributed by atoms with Crippen molar-refractivity contribution in [3.63, 3.8) is 0 Å². The molecular formula is C13H16N4. The molecule has 0 spiro atoms. The summed E-state index contributed by atoms with van der Waals surface area (Å²) >= 11 is 0. The monoisotopic (exact) mass is 228 g/mol. The Bertz CT molecular complexity index is 456. The molecule has 0 radical (unpaired) electrons. The zero-order chi connectivity index (χ0) is 11.9. The smallest absolute Gasteiger partial charge is 0.128 e. The number of nitrogens with one attached hydrogen (secondary N) is 2. The van der Waals surface area contributed by atoms with E-state index in [2.05, 4.69) is 27.5 Å². The average Bonchev–Trinajstić information content (AvgIpc) is 2.39. The van der Waals surface area contributed by atoms with Gasteiger partial charge < -0.3 is 10.6 Å². The highest BCUT2D eigenvalue weighted by Crippen LogP contribution is 2.09. The second kappa shape index (κ2) is 5.84. The quantitative estimate of drug-likeness (QED) is 0.825. The molecule has 2 aromatic rings. The van der Waals surface area contributed by atoms with Crippen LogP contribution in [0.15, 0.2) is 42.6 Å². The maximum Gasteiger partial charge on any atom is 0.128 e. The molecule has 0 atom stereocenters. The second-order valence-electron chi connectivity index (χ2n) is 3.61. The third-order valence-electron chi connectivity index (χ3n) is 2.28. The summed E-state index contributed by atoms with van der Waals surface area (Å²) in [6.07, 6.45) is 1.79. The van der Waals surface area contributed by atoms with Gasteiger partial charge in [-0.3, -0.25) is 4.98 Å². The Labute approximate surface area is 101 Å². The van der Waals surface area contributed by atoms with Crippen LogP contribution in [0, 0.1) is 0 Å². The maximum atomic E-state index is 4.43. The van der Waals surface area contributed by atoms with Gasteiger partial charge in [0, 0.05) is 12.7 Å². The van der Waals surface area contributed by atoms with Crippen molar-refractivity contribution >= 4 is 11.6 Å². The van der Waals surface area contributed by atoms with Crippen LogP contribution in [-0.2, 0) is 6.54 Å². The molecule has 2 aromatic heterocycles. The highest BCUT2D eigenvalue weighted by atomic mass is 15.1. The Kier molecular flexibility index (Phi) is 3.91. The number of rotatable bonds is 5. The zero-order valence-electron chi connectivity index (χ0n) is 9.85. The summed E-state index contributed by atoms with van der Waals surface area (Å²) in [5, 5.41) is 6.43. The first-order valence-corrected chi connectivity index (χ1v) is 5.73. The summed E-state index contributed by atoms with van der Waals surface area (Å²) in [6, 6.07) is 11.8. The molecule has 2 rings (SSSR count). The van der Waals surface area contributed by atoms with Gasteiger partial charge in [0.05, 0.1) is 12.2 Å². The van der Waals surface area contributed by atoms with Crippen LogP contribution in [0.25, 0.3) is 0 Å². The van der Waals surface area contributed by atoms with Gasteiger partial charge in [-0.1, -0.05) is 12.1 Å². The average molecular weight is 228 g/mol. The minimum atomic E-state index is 0.684. The molecule has 0 aliphatic heterocycles. The van der Waals surface area contributed by atoms with E-state index in [0.29, 0.717) is 6.54 Å². The molecule has 4 nitrogen and oxygen atoms in total. The Morgan fingerprint density at radius 3 is 2.53 bits per heavy atom. The Balaban J connectivity index is 1.97. The molecule has 17 heavy (non-hydrogen) atoms. The standard InChI is InChI=1S/C13H16N4/c1-2-14-12-7-5-8-13(17-12)16-10-11-6-3-4-9-15-11/h3-9H,2,10H2,1H3,(H2,14,16,17). The van der Waals surface area contributed by atoms with Gasteiger partial charge in [-0.15, -0.1) is 0 Å². The van der Waals surface area contributed by atoms with Crippen LogP contribution < -0.4 is 10.6 Å². The second-order valence-corrected chi connectivity index (χ2v) is 3.61. The number of pyridine rings is 2. The Morgan fingerprint density at radius 1 is 1.00 bits per heavy atom. The first-order valence-electron chi connectivity index (χ1n) is 5.73. The molecular weight excluding hydrogens is 212 g/mol. The van der Waals surface area contributed by atoms with Gasteiger partial charge in [0.1, 0.15) is 11.6 Å². The molecule has 2 heterocycles. The molecule has 0 aliphatic carbocycles. The molecule has 0 saturated carbocycles. The summed E-state index contributed by atoms with van der Waals surface area (Å²) in [5.41, 5.74) is 1.00. The molecule has 0 aliphatic rings. The van der Waals surface area contributed by atoms with Crippen LogP contribution >= 0.6 is 0 Å². The molecule has 4 heteroatoms. The fourth-order valence-corrected chi connectivity index (χ4v) is 1.50. The van der Waals surface area contributed by atoms with E-state index in [1.54, 1.807) is 6.20 Å². The Morgan fingerprint density at radius 2 is 1.82 bits per heavy atom. The van der Waals surface area contributed by atoms with Crippen molar-refractivity contribution < 1.29 is 0 Å². The van der Waals surface area contributed by atoms with Gasteiger partial charge in [0.25, 0.3) is 0 Å². The fourth-order valence-electron chi connectivity index (χ4n) is 1.50. The highest BCUT2D eigenvalue weighted by Gasteiger charge is 1.97. The number of anilines is 2. The van der Waals surface area contributed by atoms with Crippen molar-refractivity contribution in [3.8, 4) is 0 Å². The minimum absolute atomic E-state index is 0.684. The third-order valence-corrected chi connectivity index (χ3v) is 2.28. The number of nitrogens with zero attached hydrogens (tertiary/aromatic N) is 2. The van der Waals surface area contributed by atoms with Crippen LogP contribution in [0.1, 0.15) is 12.6 Å². The van der Waals surface area contributed by atoms with E-state index in [1.807, 2.05) is 36.4 Å². The normalized spacial score (nSPS) is 9.94. The lowest BCUT2D eigenvalue weighted by Crippen LogP contribution is -2.05. The number of hydrogen-bond acceptors (Lipinski definition) is 4. The van der Waals surface area contributed by atoms with E-state index >= 15 is 0 Å². The lowest BCUT2D eigenvalue weighted by atomic mass is 10.3. The van der Waals surface area contributed by atoms with E-state index in [1.165, 1.54) is 0 Å². The van der Waals surface area contributed by atoms with Gasteiger partial charge in [0.2, 0.25) is 0 Å². The fraction of sp³-hybridized carbons (Fsp3) is 0.231. The zero-order valence-corrected chi connectivity index (χ0v) is 9.85. The molecule has 0 bridgehead atoms. The van der Waals surface area contributed by atoms with E-state index in [9.17, 15) is 0 Å². The van der Waals surface area contributed by atoms with Crippen LogP contribution in [0.5, 0.6) is 0 Å². The molecule has 0 aromatic carbocycles. The van der Waals surface area contributed by atoms with E-state index < -0.39 is 0 Å². The Hall–Kier alpha value is -2.10. The summed E-state index contributed by atoms with van der Waals surface area (Å²) in [5.74, 6) is 1.74. The summed E-state index contributed by atoms with van der Waals surface area (Å²) in [7, 11) is 0. The highest BCUT2D eigenvalue weighted by molar-refractivity contribution is 5.45. The van der Waals surface area contributed by atoms with Gasteiger partial charge in [0.15, 0.2) is 0 Å². The predicted octanol–water partition coefficient (Wildman–Crippen LogP) is 2.52. The van der Waals surface area contributed by atoms with Crippen molar-refractivity contribution in [3.05, 3.63) is 48.3 Å². The van der Waals surface area contributed by atoms with Crippen molar-refractivity contribution in [1.82, 2.24) is 9.97 Å². The number of hydrogen-bond donors (Lipinski definition) is 2. The van der Waals surface area contributed by atoms with Crippen molar-refractivity contribution in [2.75, 3.05) is 17.2 Å². The van der Waals surface area contributed by atoms with Crippen LogP contribution in [0.4, 0.5) is 11.6 Å². The predicted molar refractivity (Wildman–Crippen MR) is 70.0 cm³/mol. The van der Waals surface area contributed by atoms with E-state index in [-0.39, 0.29) is 0 Å². The molecule has 0 fully saturated rings. The van der Waals surface area contributed by atoms with Crippen LogP contribution in [0.2, 0.25) is 0 Å². The summed E-state index contributed by atoms with van der Waals surface area (Å²) in [6.45, 7) is 3.61. The SMILES string of the molecule is CCNc1cccc(NCc2ccccn2)n1. The molecule has 0 unspecified atom stereocenters. The topological polar surface area (TPSA) is 49.8 Å². The van der Waals surface area contributed by atoms with Crippen molar-refractivity contribution in [1.29, 1.82) is 0 Å². The summed E-state index contributed by atoms with van der Waals surface area (Å²) in [4.78, 5) is 8.67. The first-order chi connectivity index (χ1) is 8.38. The van der Waals surface area contributed by atoms with Gasteiger partial charge in [-0.2, -0.15) is 0 Å². The van der Waals surface area contributed by atoms with Crippen molar-refractivity contribution in [2.45, 2.75) is 13.5 Å². The van der Waals surface area contributed by atoms with Crippen LogP contribution in [0.3, 0.4) is 0 Å². The lowest BCUT2D eigenvalue weighted by molar-refractivity contribution is 1.03. The van der Waals surface area contributed by atoms with E-state index in [0.717, 1.165) is 23.9 Å². The first kappa shape index (κ1) is 11.4. The van der Waals surface area contributed by atoms with Gasteiger partial charge in [-0.05, 0) is 31.2 Å². The van der Waals surface area contributed by atoms with E-state index in [4.69, 9.17) is 0 Å². The van der Waals surface area contributed by atoms with Crippen molar-refractivity contribution in [2.24, 2.45) is 0 Å². The number of aromatic nitrogens is 2. The van der Waals surface area contributed by atoms with Gasteiger partial charge >= 0.3 is 0 Å². The third kappa shape index (κ3) is 3.45. The van der Waals surface area contributed by atoms with Crippen LogP contribution in [-0.4, -0.2) is 16.5 Å². The molecule has 0 saturated heterocycles. The molecule has 0 amide bonds. The maximum absolute atomic E-state index is 4.43. The molecule has 2 N–H and O–H groups in total. The summed E-state index contributed by atoms with van der Waals surface area (Å²) < 4.78 is 0. The largest absolute Gasteiger partial charge is 0.370 e. The molecule has 88 valence electrons. The lowest BCUT2D eigenvalue weighted by Gasteiger charge is -2.07. The van der Waals surface area contributed by atoms with Gasteiger partial charge in [-0.25, -0.2) is 4.98 Å².